The van der Waals surface area contributed by atoms with E-state index in [0.29, 0.717) is 17.9 Å². The van der Waals surface area contributed by atoms with Gasteiger partial charge in [0.15, 0.2) is 10.9 Å². The molecule has 0 aliphatic carbocycles. The van der Waals surface area contributed by atoms with E-state index in [1.54, 1.807) is 12.3 Å². The van der Waals surface area contributed by atoms with E-state index in [2.05, 4.69) is 30.2 Å². The smallest absolute Gasteiger partial charge is 0.251 e. The first kappa shape index (κ1) is 22.8. The van der Waals surface area contributed by atoms with Crippen molar-refractivity contribution >= 4 is 23.5 Å². The highest BCUT2D eigenvalue weighted by atomic mass is 32.2. The van der Waals surface area contributed by atoms with Crippen LogP contribution in [0.15, 0.2) is 53.9 Å². The molecule has 0 saturated carbocycles. The number of nitrogens with zero attached hydrogens (tertiary/aromatic N) is 2. The Morgan fingerprint density at radius 3 is 2.61 bits per heavy atom. The predicted molar refractivity (Wildman–Crippen MR) is 127 cm³/mol. The number of hydrogen-bond donors (Lipinski definition) is 1. The fourth-order valence-corrected chi connectivity index (χ4v) is 4.20. The van der Waals surface area contributed by atoms with Crippen molar-refractivity contribution in [1.29, 1.82) is 0 Å². The molecule has 0 radical (unpaired) electrons. The molecule has 3 aromatic rings. The molecule has 3 rings (SSSR count). The van der Waals surface area contributed by atoms with Crippen LogP contribution in [0.2, 0.25) is 0 Å². The van der Waals surface area contributed by atoms with E-state index in [9.17, 15) is 9.59 Å². The summed E-state index contributed by atoms with van der Waals surface area (Å²) in [6, 6.07) is 11.5. The lowest BCUT2D eigenvalue weighted by Crippen LogP contribution is -2.24. The minimum Gasteiger partial charge on any atom is -0.352 e. The van der Waals surface area contributed by atoms with Gasteiger partial charge >= 0.3 is 0 Å². The summed E-state index contributed by atoms with van der Waals surface area (Å²) in [4.78, 5) is 29.6. The van der Waals surface area contributed by atoms with Gasteiger partial charge in [0.25, 0.3) is 5.91 Å². The number of unbranched alkanes of at least 4 members (excludes halogenated alkanes) is 1. The van der Waals surface area contributed by atoms with Crippen LogP contribution in [0.5, 0.6) is 0 Å². The van der Waals surface area contributed by atoms with E-state index >= 15 is 0 Å². The quantitative estimate of drug-likeness (QED) is 0.281. The first-order valence-corrected chi connectivity index (χ1v) is 11.5. The van der Waals surface area contributed by atoms with Crippen LogP contribution in [0.3, 0.4) is 0 Å². The van der Waals surface area contributed by atoms with Crippen LogP contribution in [0.25, 0.3) is 5.69 Å². The van der Waals surface area contributed by atoms with E-state index in [4.69, 9.17) is 0 Å². The normalized spacial score (nSPS) is 10.8. The van der Waals surface area contributed by atoms with Gasteiger partial charge in [-0.15, -0.1) is 0 Å². The predicted octanol–water partition coefficient (Wildman–Crippen LogP) is 5.30. The molecule has 0 fully saturated rings. The molecule has 1 aromatic heterocycles. The molecule has 0 unspecified atom stereocenters. The summed E-state index contributed by atoms with van der Waals surface area (Å²) in [6.07, 6.45) is 5.56. The van der Waals surface area contributed by atoms with E-state index < -0.39 is 0 Å². The van der Waals surface area contributed by atoms with Crippen molar-refractivity contribution in [3.8, 4) is 5.69 Å². The van der Waals surface area contributed by atoms with Crippen LogP contribution in [-0.4, -0.2) is 33.5 Å². The van der Waals surface area contributed by atoms with Crippen LogP contribution >= 0.6 is 11.8 Å². The number of nitrogens with one attached hydrogen (secondary N) is 1. The summed E-state index contributed by atoms with van der Waals surface area (Å²) in [5.74, 6) is 0.312. The maximum Gasteiger partial charge on any atom is 0.251 e. The van der Waals surface area contributed by atoms with Gasteiger partial charge in [0.05, 0.1) is 5.75 Å². The number of aromatic nitrogens is 2. The average Bonchev–Trinajstić information content (AvgIpc) is 3.23. The number of thioether (sulfide) groups is 1. The van der Waals surface area contributed by atoms with Crippen molar-refractivity contribution in [3.63, 3.8) is 0 Å². The van der Waals surface area contributed by atoms with Gasteiger partial charge in [0, 0.05) is 35.8 Å². The van der Waals surface area contributed by atoms with Gasteiger partial charge in [-0.05, 0) is 68.1 Å². The van der Waals surface area contributed by atoms with Crippen molar-refractivity contribution in [3.05, 3.63) is 76.6 Å². The second kappa shape index (κ2) is 10.4. The molecule has 0 atom stereocenters. The molecule has 2 aromatic carbocycles. The molecule has 0 aliphatic rings. The Kier molecular flexibility index (Phi) is 7.69. The van der Waals surface area contributed by atoms with Crippen LogP contribution in [0.1, 0.15) is 57.2 Å². The molecule has 0 bridgehead atoms. The Bertz CT molecular complexity index is 1090. The Hall–Kier alpha value is -2.86. The molecule has 1 heterocycles. The van der Waals surface area contributed by atoms with Crippen molar-refractivity contribution in [2.24, 2.45) is 0 Å². The zero-order valence-electron chi connectivity index (χ0n) is 18.6. The molecule has 31 heavy (non-hydrogen) atoms. The first-order valence-electron chi connectivity index (χ1n) is 10.6. The third-order valence-corrected chi connectivity index (χ3v) is 6.25. The number of ketones is 1. The van der Waals surface area contributed by atoms with E-state index in [1.807, 2.05) is 48.9 Å². The summed E-state index contributed by atoms with van der Waals surface area (Å²) in [6.45, 7) is 8.82. The lowest BCUT2D eigenvalue weighted by molar-refractivity contribution is 0.0952. The summed E-state index contributed by atoms with van der Waals surface area (Å²) in [5.41, 5.74) is 5.53. The lowest BCUT2D eigenvalue weighted by atomic mass is 9.99. The minimum atomic E-state index is -0.0787. The molecule has 6 heteroatoms. The van der Waals surface area contributed by atoms with Crippen molar-refractivity contribution in [2.45, 2.75) is 45.7 Å². The molecular weight excluding hydrogens is 406 g/mol. The van der Waals surface area contributed by atoms with Crippen LogP contribution in [-0.2, 0) is 0 Å². The number of amides is 1. The van der Waals surface area contributed by atoms with Gasteiger partial charge in [-0.25, -0.2) is 4.98 Å². The topological polar surface area (TPSA) is 64.0 Å². The molecule has 5 nitrogen and oxygen atoms in total. The Morgan fingerprint density at radius 1 is 1.06 bits per heavy atom. The highest BCUT2D eigenvalue weighted by Crippen LogP contribution is 2.24. The number of aryl methyl sites for hydroxylation is 3. The number of rotatable bonds is 9. The molecule has 0 saturated heterocycles. The Labute approximate surface area is 188 Å². The third-order valence-electron chi connectivity index (χ3n) is 5.28. The summed E-state index contributed by atoms with van der Waals surface area (Å²) < 4.78 is 1.91. The van der Waals surface area contributed by atoms with Crippen molar-refractivity contribution in [2.75, 3.05) is 12.3 Å². The van der Waals surface area contributed by atoms with Gasteiger partial charge in [0.2, 0.25) is 0 Å². The number of hydrogen-bond acceptors (Lipinski definition) is 4. The van der Waals surface area contributed by atoms with Gasteiger partial charge in [-0.3, -0.25) is 14.2 Å². The van der Waals surface area contributed by atoms with Crippen molar-refractivity contribution in [1.82, 2.24) is 14.9 Å². The zero-order valence-corrected chi connectivity index (χ0v) is 19.4. The second-order valence-electron chi connectivity index (χ2n) is 7.70. The largest absolute Gasteiger partial charge is 0.352 e. The van der Waals surface area contributed by atoms with Crippen LogP contribution < -0.4 is 5.32 Å². The standard InChI is InChI=1S/C25H29N3O2S/c1-5-6-10-26-24(30)20-8-7-9-21(15-20)28-12-11-27-25(28)31-16-23(29)22-14-18(3)17(2)13-19(22)4/h7-9,11-15H,5-6,10,16H2,1-4H3,(H,26,30). The van der Waals surface area contributed by atoms with E-state index in [1.165, 1.54) is 17.3 Å². The number of carbonyl (C=O) groups is 2. The molecule has 1 amide bonds. The Morgan fingerprint density at radius 2 is 1.84 bits per heavy atom. The molecule has 162 valence electrons. The first-order chi connectivity index (χ1) is 14.9. The van der Waals surface area contributed by atoms with Crippen LogP contribution in [0, 0.1) is 20.8 Å². The zero-order chi connectivity index (χ0) is 22.4. The number of carbonyl (C=O) groups excluding carboxylic acids is 2. The monoisotopic (exact) mass is 435 g/mol. The summed E-state index contributed by atoms with van der Waals surface area (Å²) in [5, 5.41) is 3.67. The Balaban J connectivity index is 1.73. The highest BCUT2D eigenvalue weighted by molar-refractivity contribution is 7.99. The number of imidazole rings is 1. The maximum atomic E-state index is 12.8. The van der Waals surface area contributed by atoms with E-state index in [0.717, 1.165) is 40.4 Å². The molecule has 1 N–H and O–H groups in total. The second-order valence-corrected chi connectivity index (χ2v) is 8.65. The third kappa shape index (κ3) is 5.64. The van der Waals surface area contributed by atoms with Gasteiger partial charge in [-0.1, -0.05) is 37.2 Å². The molecular formula is C25H29N3O2S. The number of benzene rings is 2. The van der Waals surface area contributed by atoms with E-state index in [-0.39, 0.29) is 11.7 Å². The van der Waals surface area contributed by atoms with Crippen molar-refractivity contribution < 1.29 is 9.59 Å². The van der Waals surface area contributed by atoms with Gasteiger partial charge in [-0.2, -0.15) is 0 Å². The highest BCUT2D eigenvalue weighted by Gasteiger charge is 2.14. The summed E-state index contributed by atoms with van der Waals surface area (Å²) >= 11 is 1.40. The number of Topliss-reactive ketones (excluding diaryl/α,β-unsaturated/α-hetero) is 1. The van der Waals surface area contributed by atoms with Gasteiger partial charge < -0.3 is 5.32 Å². The van der Waals surface area contributed by atoms with Gasteiger partial charge in [0.1, 0.15) is 0 Å². The molecule has 0 spiro atoms. The maximum absolute atomic E-state index is 12.8. The SMILES string of the molecule is CCCCNC(=O)c1cccc(-n2ccnc2SCC(=O)c2cc(C)c(C)cc2C)c1. The fraction of sp³-hybridized carbons (Fsp3) is 0.320. The minimum absolute atomic E-state index is 0.0787. The molecule has 0 aliphatic heterocycles. The fourth-order valence-electron chi connectivity index (χ4n) is 3.34. The van der Waals surface area contributed by atoms with Crippen LogP contribution in [0.4, 0.5) is 0 Å². The lowest BCUT2D eigenvalue weighted by Gasteiger charge is -2.11. The summed E-state index contributed by atoms with van der Waals surface area (Å²) in [7, 11) is 0. The average molecular weight is 436 g/mol.